The summed E-state index contributed by atoms with van der Waals surface area (Å²) in [5, 5.41) is 11.1. The van der Waals surface area contributed by atoms with Crippen LogP contribution < -0.4 is 10.1 Å². The van der Waals surface area contributed by atoms with Gasteiger partial charge in [0.25, 0.3) is 5.91 Å². The third kappa shape index (κ3) is 3.80. The number of amides is 1. The Morgan fingerprint density at radius 3 is 2.81 bits per heavy atom. The fraction of sp³-hybridized carbons (Fsp3) is 0.0667. The second kappa shape index (κ2) is 6.86. The van der Waals surface area contributed by atoms with Gasteiger partial charge < -0.3 is 10.1 Å². The van der Waals surface area contributed by atoms with Gasteiger partial charge in [-0.25, -0.2) is 4.39 Å². The molecular weight excluding hydrogens is 339 g/mol. The Morgan fingerprint density at radius 1 is 1.33 bits per heavy atom. The highest BCUT2D eigenvalue weighted by molar-refractivity contribution is 9.10. The van der Waals surface area contributed by atoms with Gasteiger partial charge in [-0.1, -0.05) is 28.1 Å². The minimum Gasteiger partial charge on any atom is -0.477 e. The van der Waals surface area contributed by atoms with E-state index in [4.69, 9.17) is 10.00 Å². The van der Waals surface area contributed by atoms with Crippen molar-refractivity contribution < 1.29 is 13.9 Å². The molecule has 1 N–H and O–H groups in total. The van der Waals surface area contributed by atoms with Gasteiger partial charge in [-0.05, 0) is 30.3 Å². The highest BCUT2D eigenvalue weighted by Gasteiger charge is 2.14. The smallest absolute Gasteiger partial charge is 0.258 e. The molecule has 0 saturated carbocycles. The van der Waals surface area contributed by atoms with Gasteiger partial charge in [0.2, 0.25) is 0 Å². The molecule has 0 fully saturated rings. The molecule has 0 spiro atoms. The van der Waals surface area contributed by atoms with E-state index in [1.54, 1.807) is 30.3 Å². The number of nitrogens with one attached hydrogen (secondary N) is 1. The Balaban J connectivity index is 2.22. The summed E-state index contributed by atoms with van der Waals surface area (Å²) in [7, 11) is 0. The number of carbonyl (C=O) groups is 1. The first-order valence-corrected chi connectivity index (χ1v) is 6.76. The first kappa shape index (κ1) is 15.0. The summed E-state index contributed by atoms with van der Waals surface area (Å²) >= 11 is 3.13. The Morgan fingerprint density at radius 2 is 2.10 bits per heavy atom. The number of halogens is 2. The lowest BCUT2D eigenvalue weighted by Gasteiger charge is -2.11. The Kier molecular flexibility index (Phi) is 4.90. The summed E-state index contributed by atoms with van der Waals surface area (Å²) < 4.78 is 19.5. The largest absolute Gasteiger partial charge is 0.477 e. The van der Waals surface area contributed by atoms with E-state index in [2.05, 4.69) is 21.2 Å². The summed E-state index contributed by atoms with van der Waals surface area (Å²) in [6, 6.07) is 12.7. The van der Waals surface area contributed by atoms with Crippen LogP contribution in [0.25, 0.3) is 0 Å². The van der Waals surface area contributed by atoms with Crippen LogP contribution in [-0.2, 0) is 0 Å². The van der Waals surface area contributed by atoms with Crippen molar-refractivity contribution in [2.24, 2.45) is 0 Å². The van der Waals surface area contributed by atoms with Crippen molar-refractivity contribution in [1.82, 2.24) is 0 Å². The average Bonchev–Trinajstić information content (AvgIpc) is 2.46. The van der Waals surface area contributed by atoms with E-state index in [1.165, 1.54) is 12.1 Å². The van der Waals surface area contributed by atoms with Crippen molar-refractivity contribution >= 4 is 27.5 Å². The zero-order valence-corrected chi connectivity index (χ0v) is 12.4. The number of ether oxygens (including phenoxy) is 1. The highest BCUT2D eigenvalue weighted by atomic mass is 79.9. The molecule has 106 valence electrons. The van der Waals surface area contributed by atoms with Crippen LogP contribution in [0.1, 0.15) is 10.4 Å². The minimum atomic E-state index is -0.628. The second-order valence-electron chi connectivity index (χ2n) is 4.02. The zero-order chi connectivity index (χ0) is 15.2. The van der Waals surface area contributed by atoms with E-state index in [1.807, 2.05) is 6.07 Å². The fourth-order valence-corrected chi connectivity index (χ4v) is 2.00. The molecule has 2 aromatic rings. The van der Waals surface area contributed by atoms with E-state index in [0.29, 0.717) is 15.9 Å². The van der Waals surface area contributed by atoms with E-state index in [-0.39, 0.29) is 12.2 Å². The molecule has 4 nitrogen and oxygen atoms in total. The van der Waals surface area contributed by atoms with Gasteiger partial charge in [-0.15, -0.1) is 0 Å². The Labute approximate surface area is 129 Å². The van der Waals surface area contributed by atoms with Crippen LogP contribution in [0.15, 0.2) is 46.9 Å². The number of nitrogens with zero attached hydrogens (tertiary/aromatic N) is 1. The predicted octanol–water partition coefficient (Wildman–Crippen LogP) is 3.74. The van der Waals surface area contributed by atoms with Crippen LogP contribution in [0, 0.1) is 17.1 Å². The maximum Gasteiger partial charge on any atom is 0.258 e. The van der Waals surface area contributed by atoms with Crippen LogP contribution in [0.3, 0.4) is 0 Å². The van der Waals surface area contributed by atoms with Gasteiger partial charge in [0, 0.05) is 4.47 Å². The molecule has 0 bridgehead atoms. The molecule has 0 radical (unpaired) electrons. The van der Waals surface area contributed by atoms with Crippen molar-refractivity contribution in [2.45, 2.75) is 0 Å². The number of para-hydroxylation sites is 2. The van der Waals surface area contributed by atoms with E-state index >= 15 is 0 Å². The SMILES string of the molecule is N#CCOc1ccccc1NC(=O)c1ccc(Br)cc1F. The van der Waals surface area contributed by atoms with Crippen LogP contribution in [0.4, 0.5) is 10.1 Å². The molecule has 21 heavy (non-hydrogen) atoms. The zero-order valence-electron chi connectivity index (χ0n) is 10.8. The Hall–Kier alpha value is -2.39. The van der Waals surface area contributed by atoms with Crippen LogP contribution >= 0.6 is 15.9 Å². The summed E-state index contributed by atoms with van der Waals surface area (Å²) in [6.45, 7) is -0.139. The number of benzene rings is 2. The van der Waals surface area contributed by atoms with Gasteiger partial charge in [-0.2, -0.15) is 5.26 Å². The van der Waals surface area contributed by atoms with Crippen molar-refractivity contribution in [2.75, 3.05) is 11.9 Å². The number of anilines is 1. The third-order valence-electron chi connectivity index (χ3n) is 2.60. The number of nitriles is 1. The van der Waals surface area contributed by atoms with Gasteiger partial charge in [0.05, 0.1) is 11.3 Å². The monoisotopic (exact) mass is 348 g/mol. The van der Waals surface area contributed by atoms with Gasteiger partial charge in [0.15, 0.2) is 6.61 Å². The van der Waals surface area contributed by atoms with Crippen LogP contribution in [0.2, 0.25) is 0 Å². The summed E-state index contributed by atoms with van der Waals surface area (Å²) in [6.07, 6.45) is 0. The molecule has 0 aliphatic carbocycles. The van der Waals surface area contributed by atoms with Gasteiger partial charge in [0.1, 0.15) is 17.6 Å². The molecule has 1 amide bonds. The Bertz CT molecular complexity index is 713. The molecular formula is C15H10BrFN2O2. The number of hydrogen-bond donors (Lipinski definition) is 1. The second-order valence-corrected chi connectivity index (χ2v) is 4.94. The summed E-state index contributed by atoms with van der Waals surface area (Å²) in [4.78, 5) is 12.1. The van der Waals surface area contributed by atoms with E-state index < -0.39 is 11.7 Å². The molecule has 0 aliphatic rings. The first-order chi connectivity index (χ1) is 10.1. The molecule has 2 aromatic carbocycles. The lowest BCUT2D eigenvalue weighted by atomic mass is 10.2. The van der Waals surface area contributed by atoms with Crippen molar-refractivity contribution in [3.8, 4) is 11.8 Å². The quantitative estimate of drug-likeness (QED) is 0.915. The summed E-state index contributed by atoms with van der Waals surface area (Å²) in [5.41, 5.74) is 0.299. The van der Waals surface area contributed by atoms with E-state index in [0.717, 1.165) is 0 Å². The average molecular weight is 349 g/mol. The van der Waals surface area contributed by atoms with Crippen molar-refractivity contribution in [3.63, 3.8) is 0 Å². The molecule has 0 atom stereocenters. The number of rotatable bonds is 4. The maximum absolute atomic E-state index is 13.7. The normalized spacial score (nSPS) is 9.76. The number of hydrogen-bond acceptors (Lipinski definition) is 3. The fourth-order valence-electron chi connectivity index (χ4n) is 1.67. The minimum absolute atomic E-state index is 0.0757. The predicted molar refractivity (Wildman–Crippen MR) is 79.6 cm³/mol. The highest BCUT2D eigenvalue weighted by Crippen LogP contribution is 2.25. The molecule has 0 aromatic heterocycles. The van der Waals surface area contributed by atoms with Crippen molar-refractivity contribution in [1.29, 1.82) is 5.26 Å². The first-order valence-electron chi connectivity index (χ1n) is 5.97. The molecule has 0 unspecified atom stereocenters. The lowest BCUT2D eigenvalue weighted by Crippen LogP contribution is -2.14. The van der Waals surface area contributed by atoms with Crippen LogP contribution in [0.5, 0.6) is 5.75 Å². The van der Waals surface area contributed by atoms with E-state index in [9.17, 15) is 9.18 Å². The number of carbonyl (C=O) groups excluding carboxylic acids is 1. The standard InChI is InChI=1S/C15H10BrFN2O2/c16-10-5-6-11(12(17)9-10)15(20)19-13-3-1-2-4-14(13)21-8-7-18/h1-6,9H,8H2,(H,19,20). The lowest BCUT2D eigenvalue weighted by molar-refractivity contribution is 0.102. The van der Waals surface area contributed by atoms with Crippen LogP contribution in [-0.4, -0.2) is 12.5 Å². The third-order valence-corrected chi connectivity index (χ3v) is 3.10. The maximum atomic E-state index is 13.7. The topological polar surface area (TPSA) is 62.1 Å². The molecule has 0 heterocycles. The summed E-state index contributed by atoms with van der Waals surface area (Å²) in [5.74, 6) is -0.866. The molecule has 6 heteroatoms. The van der Waals surface area contributed by atoms with Gasteiger partial charge >= 0.3 is 0 Å². The van der Waals surface area contributed by atoms with Gasteiger partial charge in [-0.3, -0.25) is 4.79 Å². The van der Waals surface area contributed by atoms with Crippen molar-refractivity contribution in [3.05, 3.63) is 58.3 Å². The molecule has 2 rings (SSSR count). The molecule has 0 aliphatic heterocycles. The molecule has 0 saturated heterocycles.